The zero-order valence-electron chi connectivity index (χ0n) is 11.0. The minimum Gasteiger partial charge on any atom is -0.313 e. The maximum atomic E-state index is 12.5. The zero-order valence-corrected chi connectivity index (χ0v) is 11.0. The van der Waals surface area contributed by atoms with Crippen LogP contribution in [0.1, 0.15) is 54.4 Å². The highest BCUT2D eigenvalue weighted by molar-refractivity contribution is 5.98. The van der Waals surface area contributed by atoms with Crippen LogP contribution in [0.2, 0.25) is 0 Å². The van der Waals surface area contributed by atoms with Crippen LogP contribution in [0, 0.1) is 5.92 Å². The summed E-state index contributed by atoms with van der Waals surface area (Å²) < 4.78 is 0. The van der Waals surface area contributed by atoms with E-state index in [1.54, 1.807) is 0 Å². The topological polar surface area (TPSA) is 29.1 Å². The Labute approximate surface area is 109 Å². The minimum atomic E-state index is 0.168. The van der Waals surface area contributed by atoms with Crippen LogP contribution in [0.15, 0.2) is 24.3 Å². The quantitative estimate of drug-likeness (QED) is 0.826. The van der Waals surface area contributed by atoms with Gasteiger partial charge in [0.25, 0.3) is 0 Å². The van der Waals surface area contributed by atoms with Gasteiger partial charge in [0.05, 0.1) is 0 Å². The summed E-state index contributed by atoms with van der Waals surface area (Å²) in [5.41, 5.74) is 2.28. The summed E-state index contributed by atoms with van der Waals surface area (Å²) in [4.78, 5) is 12.5. The van der Waals surface area contributed by atoms with E-state index < -0.39 is 0 Å². The van der Waals surface area contributed by atoms with E-state index in [0.29, 0.717) is 17.7 Å². The van der Waals surface area contributed by atoms with Crippen molar-refractivity contribution in [3.63, 3.8) is 0 Å². The molecule has 2 atom stereocenters. The molecule has 1 saturated carbocycles. The largest absolute Gasteiger partial charge is 0.313 e. The van der Waals surface area contributed by atoms with E-state index >= 15 is 0 Å². The fourth-order valence-electron chi connectivity index (χ4n) is 3.12. The predicted molar refractivity (Wildman–Crippen MR) is 72.9 cm³/mol. The molecule has 1 heterocycles. The molecule has 0 bridgehead atoms. The summed E-state index contributed by atoms with van der Waals surface area (Å²) in [7, 11) is 0. The van der Waals surface area contributed by atoms with E-state index in [0.717, 1.165) is 18.5 Å². The van der Waals surface area contributed by atoms with E-state index in [-0.39, 0.29) is 5.92 Å². The molecule has 2 unspecified atom stereocenters. The standard InChI is InChI=1S/C16H21NO/c1-11-15(8-9-17-11)16(18)14-7-3-6-13(10-14)12-4-2-5-12/h3,6-7,10-12,15,17H,2,4-5,8-9H2,1H3. The van der Waals surface area contributed by atoms with E-state index in [1.807, 2.05) is 12.1 Å². The number of nitrogens with one attached hydrogen (secondary N) is 1. The van der Waals surface area contributed by atoms with Crippen molar-refractivity contribution in [1.29, 1.82) is 0 Å². The van der Waals surface area contributed by atoms with Crippen LogP contribution < -0.4 is 5.32 Å². The molecule has 96 valence electrons. The highest BCUT2D eigenvalue weighted by atomic mass is 16.1. The predicted octanol–water partition coefficient (Wildman–Crippen LogP) is 3.13. The van der Waals surface area contributed by atoms with Gasteiger partial charge in [0.15, 0.2) is 5.78 Å². The number of hydrogen-bond acceptors (Lipinski definition) is 2. The van der Waals surface area contributed by atoms with Gasteiger partial charge in [-0.05, 0) is 50.3 Å². The summed E-state index contributed by atoms with van der Waals surface area (Å²) in [6.07, 6.45) is 4.90. The van der Waals surface area contributed by atoms with Crippen LogP contribution in [0.5, 0.6) is 0 Å². The first-order valence-electron chi connectivity index (χ1n) is 7.13. The van der Waals surface area contributed by atoms with Crippen molar-refractivity contribution >= 4 is 5.78 Å². The number of benzene rings is 1. The SMILES string of the molecule is CC1NCCC1C(=O)c1cccc(C2CCC2)c1. The Kier molecular flexibility index (Phi) is 3.21. The van der Waals surface area contributed by atoms with Crippen molar-refractivity contribution in [2.24, 2.45) is 5.92 Å². The van der Waals surface area contributed by atoms with Crippen molar-refractivity contribution in [3.8, 4) is 0 Å². The molecule has 1 aliphatic heterocycles. The highest BCUT2D eigenvalue weighted by Gasteiger charge is 2.30. The Morgan fingerprint density at radius 2 is 2.11 bits per heavy atom. The lowest BCUT2D eigenvalue weighted by Crippen LogP contribution is -2.28. The molecule has 0 radical (unpaired) electrons. The number of hydrogen-bond donors (Lipinski definition) is 1. The first-order chi connectivity index (χ1) is 8.75. The van der Waals surface area contributed by atoms with Gasteiger partial charge in [-0.15, -0.1) is 0 Å². The van der Waals surface area contributed by atoms with Crippen molar-refractivity contribution in [2.75, 3.05) is 6.54 Å². The Balaban J connectivity index is 1.80. The molecule has 0 amide bonds. The van der Waals surface area contributed by atoms with Crippen LogP contribution in [-0.4, -0.2) is 18.4 Å². The third kappa shape index (κ3) is 2.10. The highest BCUT2D eigenvalue weighted by Crippen LogP contribution is 2.36. The van der Waals surface area contributed by atoms with Crippen molar-refractivity contribution in [1.82, 2.24) is 5.32 Å². The molecule has 2 fully saturated rings. The number of carbonyl (C=O) groups is 1. The van der Waals surface area contributed by atoms with Crippen LogP contribution >= 0.6 is 0 Å². The van der Waals surface area contributed by atoms with E-state index in [2.05, 4.69) is 24.4 Å². The van der Waals surface area contributed by atoms with Crippen molar-refractivity contribution < 1.29 is 4.79 Å². The molecule has 0 aromatic heterocycles. The first kappa shape index (κ1) is 11.9. The summed E-state index contributed by atoms with van der Waals surface area (Å²) in [5.74, 6) is 1.20. The second kappa shape index (κ2) is 4.85. The Morgan fingerprint density at radius 1 is 1.28 bits per heavy atom. The molecule has 1 aromatic rings. The summed E-state index contributed by atoms with van der Waals surface area (Å²) >= 11 is 0. The van der Waals surface area contributed by atoms with Gasteiger partial charge >= 0.3 is 0 Å². The maximum Gasteiger partial charge on any atom is 0.167 e. The number of carbonyl (C=O) groups excluding carboxylic acids is 1. The fraction of sp³-hybridized carbons (Fsp3) is 0.562. The fourth-order valence-corrected chi connectivity index (χ4v) is 3.12. The van der Waals surface area contributed by atoms with Gasteiger partial charge in [0.2, 0.25) is 0 Å². The minimum absolute atomic E-state index is 0.168. The molecule has 1 N–H and O–H groups in total. The number of ketones is 1. The van der Waals surface area contributed by atoms with Gasteiger partial charge in [-0.1, -0.05) is 24.6 Å². The van der Waals surface area contributed by atoms with Gasteiger partial charge in [0.1, 0.15) is 0 Å². The molecular formula is C16H21NO. The van der Waals surface area contributed by atoms with Gasteiger partial charge in [-0.2, -0.15) is 0 Å². The number of Topliss-reactive ketones (excluding diaryl/α,β-unsaturated/α-hetero) is 1. The number of rotatable bonds is 3. The van der Waals surface area contributed by atoms with Crippen LogP contribution in [0.4, 0.5) is 0 Å². The van der Waals surface area contributed by atoms with Gasteiger partial charge in [-0.25, -0.2) is 0 Å². The normalized spacial score (nSPS) is 28.1. The summed E-state index contributed by atoms with van der Waals surface area (Å²) in [6.45, 7) is 3.09. The third-order valence-electron chi connectivity index (χ3n) is 4.61. The lowest BCUT2D eigenvalue weighted by Gasteiger charge is -2.26. The third-order valence-corrected chi connectivity index (χ3v) is 4.61. The molecule has 3 rings (SSSR count). The monoisotopic (exact) mass is 243 g/mol. The lowest BCUT2D eigenvalue weighted by molar-refractivity contribution is 0.0914. The van der Waals surface area contributed by atoms with Gasteiger partial charge < -0.3 is 5.32 Å². The average Bonchev–Trinajstić information content (AvgIpc) is 2.73. The summed E-state index contributed by atoms with van der Waals surface area (Å²) in [6, 6.07) is 8.67. The maximum absolute atomic E-state index is 12.5. The average molecular weight is 243 g/mol. The Bertz CT molecular complexity index is 450. The Hall–Kier alpha value is -1.15. The van der Waals surface area contributed by atoms with Gasteiger partial charge in [0, 0.05) is 17.5 Å². The van der Waals surface area contributed by atoms with Crippen molar-refractivity contribution in [3.05, 3.63) is 35.4 Å². The molecule has 1 aromatic carbocycles. The van der Waals surface area contributed by atoms with Crippen LogP contribution in [-0.2, 0) is 0 Å². The molecule has 18 heavy (non-hydrogen) atoms. The molecule has 0 spiro atoms. The van der Waals surface area contributed by atoms with E-state index in [1.165, 1.54) is 24.8 Å². The van der Waals surface area contributed by atoms with Gasteiger partial charge in [-0.3, -0.25) is 4.79 Å². The molecular weight excluding hydrogens is 222 g/mol. The van der Waals surface area contributed by atoms with Crippen LogP contribution in [0.25, 0.3) is 0 Å². The second-order valence-corrected chi connectivity index (χ2v) is 5.76. The smallest absolute Gasteiger partial charge is 0.167 e. The Morgan fingerprint density at radius 3 is 2.72 bits per heavy atom. The lowest BCUT2D eigenvalue weighted by atomic mass is 9.79. The molecule has 2 aliphatic rings. The summed E-state index contributed by atoms with van der Waals surface area (Å²) in [5, 5.41) is 3.36. The second-order valence-electron chi connectivity index (χ2n) is 5.76. The zero-order chi connectivity index (χ0) is 12.5. The molecule has 1 saturated heterocycles. The molecule has 2 nitrogen and oxygen atoms in total. The molecule has 1 aliphatic carbocycles. The van der Waals surface area contributed by atoms with E-state index in [4.69, 9.17) is 0 Å². The van der Waals surface area contributed by atoms with Crippen molar-refractivity contribution in [2.45, 2.75) is 44.6 Å². The van der Waals surface area contributed by atoms with E-state index in [9.17, 15) is 4.79 Å². The van der Waals surface area contributed by atoms with Crippen LogP contribution in [0.3, 0.4) is 0 Å². The first-order valence-corrected chi connectivity index (χ1v) is 7.13. The molecule has 2 heteroatoms.